The molecule has 5 heteroatoms. The molecule has 2 aromatic carbocycles. The van der Waals surface area contributed by atoms with Crippen molar-refractivity contribution in [2.24, 2.45) is 0 Å². The van der Waals surface area contributed by atoms with Crippen molar-refractivity contribution in [1.29, 1.82) is 0 Å². The SMILES string of the molecule is CO[C@H]1[C@H](NC(=O)Cc2cccs2)c2ccccc2C12CCN(CCCc1ccccc1)CC2. The highest BCUT2D eigenvalue weighted by molar-refractivity contribution is 7.10. The number of ether oxygens (including phenoxy) is 1. The number of methoxy groups -OCH3 is 1. The minimum atomic E-state index is -0.0988. The Bertz CT molecular complexity index is 1070. The quantitative estimate of drug-likeness (QED) is 0.491. The van der Waals surface area contributed by atoms with Crippen LogP contribution in [0.1, 0.15) is 46.9 Å². The number of nitrogens with zero attached hydrogens (tertiary/aromatic N) is 1. The summed E-state index contributed by atoms with van der Waals surface area (Å²) < 4.78 is 6.18. The topological polar surface area (TPSA) is 41.6 Å². The maximum Gasteiger partial charge on any atom is 0.225 e. The van der Waals surface area contributed by atoms with Crippen LogP contribution in [-0.2, 0) is 27.8 Å². The zero-order valence-corrected chi connectivity index (χ0v) is 20.7. The van der Waals surface area contributed by atoms with Crippen LogP contribution in [0.2, 0.25) is 0 Å². The van der Waals surface area contributed by atoms with E-state index < -0.39 is 0 Å². The van der Waals surface area contributed by atoms with Crippen molar-refractivity contribution in [2.45, 2.75) is 49.7 Å². The van der Waals surface area contributed by atoms with Crippen molar-refractivity contribution in [3.05, 3.63) is 93.7 Å². The highest BCUT2D eigenvalue weighted by Crippen LogP contribution is 2.52. The molecule has 2 atom stereocenters. The first kappa shape index (κ1) is 23.3. The molecular weight excluding hydrogens is 440 g/mol. The van der Waals surface area contributed by atoms with Crippen molar-refractivity contribution in [3.63, 3.8) is 0 Å². The lowest BCUT2D eigenvalue weighted by Crippen LogP contribution is -2.50. The Morgan fingerprint density at radius 3 is 2.56 bits per heavy atom. The number of carbonyl (C=O) groups excluding carboxylic acids is 1. The average Bonchev–Trinajstić information content (AvgIpc) is 3.46. The predicted molar refractivity (Wildman–Crippen MR) is 138 cm³/mol. The third-order valence-electron chi connectivity index (χ3n) is 7.70. The van der Waals surface area contributed by atoms with Gasteiger partial charge in [0.2, 0.25) is 5.91 Å². The molecule has 34 heavy (non-hydrogen) atoms. The van der Waals surface area contributed by atoms with Crippen LogP contribution in [0.5, 0.6) is 0 Å². The number of aryl methyl sites for hydroxylation is 1. The molecule has 5 rings (SSSR count). The molecule has 3 aromatic rings. The van der Waals surface area contributed by atoms with Crippen molar-refractivity contribution >= 4 is 17.2 Å². The van der Waals surface area contributed by atoms with E-state index in [4.69, 9.17) is 4.74 Å². The van der Waals surface area contributed by atoms with Gasteiger partial charge in [-0.3, -0.25) is 4.79 Å². The zero-order chi connectivity index (χ0) is 23.4. The Labute approximate surface area is 207 Å². The van der Waals surface area contributed by atoms with E-state index in [9.17, 15) is 4.79 Å². The van der Waals surface area contributed by atoms with E-state index in [0.717, 1.165) is 43.8 Å². The first-order chi connectivity index (χ1) is 16.7. The molecule has 1 fully saturated rings. The summed E-state index contributed by atoms with van der Waals surface area (Å²) in [7, 11) is 1.81. The Kier molecular flexibility index (Phi) is 7.14. The monoisotopic (exact) mass is 474 g/mol. The summed E-state index contributed by atoms with van der Waals surface area (Å²) in [5.41, 5.74) is 3.97. The number of hydrogen-bond acceptors (Lipinski definition) is 4. The summed E-state index contributed by atoms with van der Waals surface area (Å²) in [6.45, 7) is 3.27. The third kappa shape index (κ3) is 4.70. The van der Waals surface area contributed by atoms with Crippen LogP contribution >= 0.6 is 11.3 Å². The number of likely N-dealkylation sites (tertiary alicyclic amines) is 1. The fourth-order valence-corrected chi connectivity index (χ4v) is 6.75. The molecule has 1 aliphatic heterocycles. The van der Waals surface area contributed by atoms with Gasteiger partial charge >= 0.3 is 0 Å². The van der Waals surface area contributed by atoms with E-state index in [1.165, 1.54) is 23.1 Å². The predicted octanol–water partition coefficient (Wildman–Crippen LogP) is 5.14. The number of benzene rings is 2. The molecule has 1 aromatic heterocycles. The molecular formula is C29H34N2O2S. The average molecular weight is 475 g/mol. The Morgan fingerprint density at radius 1 is 1.06 bits per heavy atom. The summed E-state index contributed by atoms with van der Waals surface area (Å²) in [5.74, 6) is 0.0692. The van der Waals surface area contributed by atoms with Crippen LogP contribution in [0.3, 0.4) is 0 Å². The van der Waals surface area contributed by atoms with Crippen LogP contribution in [0.4, 0.5) is 0 Å². The van der Waals surface area contributed by atoms with Gasteiger partial charge < -0.3 is 15.0 Å². The number of carbonyl (C=O) groups is 1. The highest BCUT2D eigenvalue weighted by atomic mass is 32.1. The standard InChI is InChI=1S/C29H34N2O2S/c1-33-28-27(30-26(32)21-23-12-8-20-34-23)24-13-5-6-14-25(24)29(28)15-18-31(19-16-29)17-7-11-22-9-3-2-4-10-22/h2-6,8-10,12-14,20,27-28H,7,11,15-19,21H2,1H3,(H,30,32)/t27-,28+/m1/s1. The first-order valence-electron chi connectivity index (χ1n) is 12.4. The number of fused-ring (bicyclic) bond motifs is 2. The summed E-state index contributed by atoms with van der Waals surface area (Å²) in [6, 6.07) is 23.3. The fraction of sp³-hybridized carbons (Fsp3) is 0.414. The largest absolute Gasteiger partial charge is 0.378 e. The molecule has 4 nitrogen and oxygen atoms in total. The van der Waals surface area contributed by atoms with E-state index in [1.807, 2.05) is 24.6 Å². The van der Waals surface area contributed by atoms with Crippen LogP contribution in [-0.4, -0.2) is 43.7 Å². The van der Waals surface area contributed by atoms with Crippen molar-refractivity contribution in [3.8, 4) is 0 Å². The minimum Gasteiger partial charge on any atom is -0.378 e. The van der Waals surface area contributed by atoms with E-state index in [0.29, 0.717) is 6.42 Å². The molecule has 1 spiro atoms. The molecule has 178 valence electrons. The van der Waals surface area contributed by atoms with Gasteiger partial charge in [-0.25, -0.2) is 0 Å². The van der Waals surface area contributed by atoms with Gasteiger partial charge in [-0.05, 0) is 73.5 Å². The lowest BCUT2D eigenvalue weighted by Gasteiger charge is -2.44. The van der Waals surface area contributed by atoms with Gasteiger partial charge in [0.1, 0.15) is 0 Å². The van der Waals surface area contributed by atoms with Crippen molar-refractivity contribution in [2.75, 3.05) is 26.7 Å². The van der Waals surface area contributed by atoms with Crippen LogP contribution in [0.15, 0.2) is 72.1 Å². The van der Waals surface area contributed by atoms with Gasteiger partial charge in [-0.1, -0.05) is 60.7 Å². The van der Waals surface area contributed by atoms with Gasteiger partial charge in [-0.15, -0.1) is 11.3 Å². The third-order valence-corrected chi connectivity index (χ3v) is 8.57. The number of piperidine rings is 1. The van der Waals surface area contributed by atoms with Gasteiger partial charge in [0.25, 0.3) is 0 Å². The second kappa shape index (κ2) is 10.4. The van der Waals surface area contributed by atoms with E-state index in [2.05, 4.69) is 64.8 Å². The lowest BCUT2D eigenvalue weighted by atomic mass is 9.72. The van der Waals surface area contributed by atoms with Gasteiger partial charge in [-0.2, -0.15) is 0 Å². The fourth-order valence-electron chi connectivity index (χ4n) is 6.05. The number of rotatable bonds is 8. The molecule has 0 radical (unpaired) electrons. The van der Waals surface area contributed by atoms with E-state index in [1.54, 1.807) is 11.3 Å². The summed E-state index contributed by atoms with van der Waals surface area (Å²) in [5, 5.41) is 5.36. The summed E-state index contributed by atoms with van der Waals surface area (Å²) in [4.78, 5) is 16.6. The molecule has 1 amide bonds. The molecule has 0 unspecified atom stereocenters. The maximum atomic E-state index is 12.9. The van der Waals surface area contributed by atoms with Crippen molar-refractivity contribution in [1.82, 2.24) is 10.2 Å². The maximum absolute atomic E-state index is 12.9. The molecule has 1 saturated heterocycles. The van der Waals surface area contributed by atoms with Crippen molar-refractivity contribution < 1.29 is 9.53 Å². The van der Waals surface area contributed by atoms with E-state index >= 15 is 0 Å². The van der Waals surface area contributed by atoms with Crippen LogP contribution in [0, 0.1) is 0 Å². The molecule has 0 saturated carbocycles. The summed E-state index contributed by atoms with van der Waals surface area (Å²) >= 11 is 1.63. The minimum absolute atomic E-state index is 0.0383. The van der Waals surface area contributed by atoms with Gasteiger partial charge in [0, 0.05) is 17.4 Å². The van der Waals surface area contributed by atoms with Crippen LogP contribution < -0.4 is 5.32 Å². The Hall–Kier alpha value is -2.47. The number of thiophene rings is 1. The smallest absolute Gasteiger partial charge is 0.225 e. The second-order valence-electron chi connectivity index (χ2n) is 9.63. The van der Waals surface area contributed by atoms with Gasteiger partial charge in [0.15, 0.2) is 0 Å². The van der Waals surface area contributed by atoms with Crippen LogP contribution in [0.25, 0.3) is 0 Å². The second-order valence-corrected chi connectivity index (χ2v) is 10.7. The Morgan fingerprint density at radius 2 is 1.82 bits per heavy atom. The first-order valence-corrected chi connectivity index (χ1v) is 13.3. The number of hydrogen-bond donors (Lipinski definition) is 1. The number of nitrogens with one attached hydrogen (secondary N) is 1. The molecule has 2 aliphatic rings. The summed E-state index contributed by atoms with van der Waals surface area (Å²) in [6.07, 6.45) is 4.82. The number of amides is 1. The molecule has 2 heterocycles. The lowest BCUT2D eigenvalue weighted by molar-refractivity contribution is -0.122. The molecule has 1 N–H and O–H groups in total. The molecule has 1 aliphatic carbocycles. The highest BCUT2D eigenvalue weighted by Gasteiger charge is 2.53. The van der Waals surface area contributed by atoms with Gasteiger partial charge in [0.05, 0.1) is 18.6 Å². The Balaban J connectivity index is 1.26. The molecule has 0 bridgehead atoms. The van der Waals surface area contributed by atoms with E-state index in [-0.39, 0.29) is 23.5 Å². The zero-order valence-electron chi connectivity index (χ0n) is 19.9. The normalized spacial score (nSPS) is 21.4.